The summed E-state index contributed by atoms with van der Waals surface area (Å²) >= 11 is 0. The van der Waals surface area contributed by atoms with Gasteiger partial charge in [-0.25, -0.2) is 0 Å². The van der Waals surface area contributed by atoms with Gasteiger partial charge in [0.2, 0.25) is 5.91 Å². The van der Waals surface area contributed by atoms with Crippen molar-refractivity contribution in [3.8, 4) is 0 Å². The molecule has 0 spiro atoms. The van der Waals surface area contributed by atoms with Crippen molar-refractivity contribution in [3.05, 3.63) is 0 Å². The predicted molar refractivity (Wildman–Crippen MR) is 119 cm³/mol. The standard InChI is InChI=1S/C20H43N2O6P/c1-17(2)20(23)22-15-19(29)16-28-14-13-27-12-11-26-10-9-25-8-7-24-6-5-21-18(3)4/h17-19,21H,5-16,29H2,1-4H3,(H,22,23). The Bertz CT molecular complexity index is 375. The summed E-state index contributed by atoms with van der Waals surface area (Å²) in [6.07, 6.45) is 0. The van der Waals surface area contributed by atoms with E-state index in [1.807, 2.05) is 13.8 Å². The average Bonchev–Trinajstić information content (AvgIpc) is 2.68. The van der Waals surface area contributed by atoms with Crippen LogP contribution in [0.15, 0.2) is 0 Å². The second-order valence-corrected chi connectivity index (χ2v) is 8.24. The lowest BCUT2D eigenvalue weighted by molar-refractivity contribution is -0.124. The Morgan fingerprint density at radius 1 is 0.759 bits per heavy atom. The molecule has 0 saturated heterocycles. The minimum atomic E-state index is 0.00601. The highest BCUT2D eigenvalue weighted by molar-refractivity contribution is 7.17. The van der Waals surface area contributed by atoms with Gasteiger partial charge in [-0.3, -0.25) is 4.79 Å². The number of rotatable bonds is 21. The van der Waals surface area contributed by atoms with E-state index >= 15 is 0 Å². The van der Waals surface area contributed by atoms with Crippen molar-refractivity contribution in [2.75, 3.05) is 79.2 Å². The lowest BCUT2D eigenvalue weighted by atomic mass is 10.2. The first-order valence-electron chi connectivity index (χ1n) is 10.6. The van der Waals surface area contributed by atoms with Crippen LogP contribution in [-0.2, 0) is 28.5 Å². The quantitative estimate of drug-likeness (QED) is 0.205. The summed E-state index contributed by atoms with van der Waals surface area (Å²) in [6, 6.07) is 0.487. The molecular weight excluding hydrogens is 395 g/mol. The van der Waals surface area contributed by atoms with Gasteiger partial charge in [-0.2, -0.15) is 0 Å². The molecule has 2 N–H and O–H groups in total. The Balaban J connectivity index is 3.17. The van der Waals surface area contributed by atoms with Crippen molar-refractivity contribution < 1.29 is 28.5 Å². The summed E-state index contributed by atoms with van der Waals surface area (Å²) in [6.45, 7) is 15.1. The van der Waals surface area contributed by atoms with Crippen LogP contribution in [0.1, 0.15) is 27.7 Å². The molecule has 0 saturated carbocycles. The second kappa shape index (κ2) is 20.9. The van der Waals surface area contributed by atoms with Crippen molar-refractivity contribution in [3.63, 3.8) is 0 Å². The van der Waals surface area contributed by atoms with E-state index in [0.717, 1.165) is 6.54 Å². The molecule has 0 fully saturated rings. The van der Waals surface area contributed by atoms with Crippen LogP contribution in [0.3, 0.4) is 0 Å². The van der Waals surface area contributed by atoms with Crippen LogP contribution in [0.25, 0.3) is 0 Å². The van der Waals surface area contributed by atoms with Crippen LogP contribution in [-0.4, -0.2) is 96.8 Å². The monoisotopic (exact) mass is 438 g/mol. The molecule has 0 radical (unpaired) electrons. The highest BCUT2D eigenvalue weighted by atomic mass is 31.0. The zero-order valence-electron chi connectivity index (χ0n) is 18.7. The van der Waals surface area contributed by atoms with Gasteiger partial charge in [0.1, 0.15) is 0 Å². The molecule has 0 aliphatic carbocycles. The van der Waals surface area contributed by atoms with E-state index < -0.39 is 0 Å². The first-order valence-corrected chi connectivity index (χ1v) is 11.3. The molecule has 0 aromatic heterocycles. The van der Waals surface area contributed by atoms with E-state index in [-0.39, 0.29) is 17.5 Å². The fraction of sp³-hybridized carbons (Fsp3) is 0.950. The van der Waals surface area contributed by atoms with E-state index in [1.54, 1.807) is 0 Å². The molecule has 8 nitrogen and oxygen atoms in total. The van der Waals surface area contributed by atoms with Crippen LogP contribution >= 0.6 is 9.24 Å². The van der Waals surface area contributed by atoms with Crippen LogP contribution < -0.4 is 10.6 Å². The molecule has 0 aliphatic rings. The Morgan fingerprint density at radius 2 is 1.21 bits per heavy atom. The maximum absolute atomic E-state index is 11.5. The Kier molecular flexibility index (Phi) is 20.7. The molecule has 29 heavy (non-hydrogen) atoms. The molecule has 174 valence electrons. The molecule has 0 heterocycles. The molecular formula is C20H43N2O6P. The smallest absolute Gasteiger partial charge is 0.222 e. The van der Waals surface area contributed by atoms with Crippen LogP contribution in [0.2, 0.25) is 0 Å². The van der Waals surface area contributed by atoms with Gasteiger partial charge in [-0.1, -0.05) is 27.7 Å². The van der Waals surface area contributed by atoms with Crippen LogP contribution in [0, 0.1) is 5.92 Å². The SMILES string of the molecule is CC(C)NCCOCCOCCOCCOCCOCC(P)CNC(=O)C(C)C. The Labute approximate surface area is 179 Å². The Hall–Kier alpha value is -0.340. The maximum Gasteiger partial charge on any atom is 0.222 e. The number of hydrogen-bond donors (Lipinski definition) is 2. The topological polar surface area (TPSA) is 87.3 Å². The minimum absolute atomic E-state index is 0.00601. The lowest BCUT2D eigenvalue weighted by Crippen LogP contribution is -2.34. The normalized spacial score (nSPS) is 12.7. The third-order valence-electron chi connectivity index (χ3n) is 3.68. The van der Waals surface area contributed by atoms with Crippen molar-refractivity contribution in [1.82, 2.24) is 10.6 Å². The van der Waals surface area contributed by atoms with E-state index in [4.69, 9.17) is 23.7 Å². The summed E-state index contributed by atoms with van der Waals surface area (Å²) in [5.41, 5.74) is 0.197. The summed E-state index contributed by atoms with van der Waals surface area (Å²) in [5.74, 6) is 0.0701. The Morgan fingerprint density at radius 3 is 1.66 bits per heavy atom. The van der Waals surface area contributed by atoms with E-state index in [2.05, 4.69) is 33.7 Å². The van der Waals surface area contributed by atoms with Gasteiger partial charge in [-0.05, 0) is 0 Å². The highest BCUT2D eigenvalue weighted by Crippen LogP contribution is 2.00. The van der Waals surface area contributed by atoms with Gasteiger partial charge in [-0.15, -0.1) is 9.24 Å². The number of carbonyl (C=O) groups is 1. The van der Waals surface area contributed by atoms with Crippen molar-refractivity contribution in [2.45, 2.75) is 39.4 Å². The number of nitrogens with one attached hydrogen (secondary N) is 2. The third kappa shape index (κ3) is 22.2. The summed E-state index contributed by atoms with van der Waals surface area (Å²) < 4.78 is 27.3. The van der Waals surface area contributed by atoms with Gasteiger partial charge in [0.15, 0.2) is 0 Å². The van der Waals surface area contributed by atoms with Gasteiger partial charge < -0.3 is 34.3 Å². The zero-order valence-corrected chi connectivity index (χ0v) is 19.9. The third-order valence-corrected chi connectivity index (χ3v) is 4.11. The van der Waals surface area contributed by atoms with E-state index in [1.165, 1.54) is 0 Å². The average molecular weight is 439 g/mol. The molecule has 2 atom stereocenters. The lowest BCUT2D eigenvalue weighted by Gasteiger charge is -2.14. The van der Waals surface area contributed by atoms with Gasteiger partial charge in [0.05, 0.1) is 66.1 Å². The molecule has 1 amide bonds. The molecule has 0 aromatic rings. The molecule has 0 aliphatic heterocycles. The molecule has 0 bridgehead atoms. The maximum atomic E-state index is 11.5. The number of ether oxygens (including phenoxy) is 5. The molecule has 2 unspecified atom stereocenters. The molecule has 0 aromatic carbocycles. The summed E-state index contributed by atoms with van der Waals surface area (Å²) in [7, 11) is 2.69. The van der Waals surface area contributed by atoms with Crippen LogP contribution in [0.5, 0.6) is 0 Å². The number of carbonyl (C=O) groups excluding carboxylic acids is 1. The van der Waals surface area contributed by atoms with Crippen molar-refractivity contribution >= 4 is 15.1 Å². The summed E-state index contributed by atoms with van der Waals surface area (Å²) in [5, 5.41) is 6.17. The van der Waals surface area contributed by atoms with E-state index in [9.17, 15) is 4.79 Å². The van der Waals surface area contributed by atoms with Crippen molar-refractivity contribution in [1.29, 1.82) is 0 Å². The van der Waals surface area contributed by atoms with Crippen molar-refractivity contribution in [2.24, 2.45) is 5.92 Å². The van der Waals surface area contributed by atoms with E-state index in [0.29, 0.717) is 78.7 Å². The fourth-order valence-corrected chi connectivity index (χ4v) is 2.28. The molecule has 9 heteroatoms. The second-order valence-electron chi connectivity index (χ2n) is 7.29. The van der Waals surface area contributed by atoms with Gasteiger partial charge in [0, 0.05) is 30.7 Å². The summed E-state index contributed by atoms with van der Waals surface area (Å²) in [4.78, 5) is 11.5. The van der Waals surface area contributed by atoms with Crippen LogP contribution in [0.4, 0.5) is 0 Å². The highest BCUT2D eigenvalue weighted by Gasteiger charge is 2.08. The first kappa shape index (κ1) is 28.7. The predicted octanol–water partition coefficient (Wildman–Crippen LogP) is 1.08. The number of hydrogen-bond acceptors (Lipinski definition) is 7. The minimum Gasteiger partial charge on any atom is -0.378 e. The first-order chi connectivity index (χ1) is 13.9. The number of amides is 1. The van der Waals surface area contributed by atoms with Gasteiger partial charge in [0.25, 0.3) is 0 Å². The fourth-order valence-electron chi connectivity index (χ4n) is 2.03. The van der Waals surface area contributed by atoms with Gasteiger partial charge >= 0.3 is 0 Å². The largest absolute Gasteiger partial charge is 0.378 e. The molecule has 0 rings (SSSR count). The zero-order chi connectivity index (χ0) is 21.7.